The highest BCUT2D eigenvalue weighted by molar-refractivity contribution is 5.76. The number of likely N-dealkylation sites (tertiary alicyclic amines) is 1. The lowest BCUT2D eigenvalue weighted by Crippen LogP contribution is -2.39. The predicted octanol–water partition coefficient (Wildman–Crippen LogP) is 4.81. The maximum atomic E-state index is 12.4. The topological polar surface area (TPSA) is 33.2 Å². The van der Waals surface area contributed by atoms with Crippen molar-refractivity contribution in [1.82, 2.24) is 9.88 Å². The van der Waals surface area contributed by atoms with E-state index in [0.29, 0.717) is 18.3 Å². The summed E-state index contributed by atoms with van der Waals surface area (Å²) in [5, 5.41) is 0. The van der Waals surface area contributed by atoms with E-state index in [-0.39, 0.29) is 5.91 Å². The van der Waals surface area contributed by atoms with Crippen molar-refractivity contribution >= 4 is 5.91 Å². The molecule has 0 bridgehead atoms. The monoisotopic (exact) mass is 336 g/mol. The predicted molar refractivity (Wildman–Crippen MR) is 102 cm³/mol. The number of benzene rings is 1. The first kappa shape index (κ1) is 17.7. The second kappa shape index (κ2) is 7.81. The van der Waals surface area contributed by atoms with Gasteiger partial charge in [0.15, 0.2) is 0 Å². The van der Waals surface area contributed by atoms with Gasteiger partial charge in [-0.25, -0.2) is 0 Å². The lowest BCUT2D eigenvalue weighted by Gasteiger charge is -2.33. The van der Waals surface area contributed by atoms with Gasteiger partial charge in [-0.15, -0.1) is 0 Å². The summed E-state index contributed by atoms with van der Waals surface area (Å²) in [7, 11) is 0. The maximum absolute atomic E-state index is 12.4. The summed E-state index contributed by atoms with van der Waals surface area (Å²) < 4.78 is 0. The fourth-order valence-electron chi connectivity index (χ4n) is 3.62. The summed E-state index contributed by atoms with van der Waals surface area (Å²) in [5.74, 6) is 1.04. The van der Waals surface area contributed by atoms with E-state index in [4.69, 9.17) is 4.98 Å². The molecule has 1 amide bonds. The van der Waals surface area contributed by atoms with E-state index < -0.39 is 0 Å². The van der Waals surface area contributed by atoms with Crippen LogP contribution in [-0.2, 0) is 4.79 Å². The summed E-state index contributed by atoms with van der Waals surface area (Å²) in [6.45, 7) is 7.96. The molecule has 1 aromatic heterocycles. The molecule has 132 valence electrons. The smallest absolute Gasteiger partial charge is 0.222 e. The van der Waals surface area contributed by atoms with Crippen molar-refractivity contribution in [2.75, 3.05) is 13.1 Å². The van der Waals surface area contributed by atoms with Crippen molar-refractivity contribution in [1.29, 1.82) is 0 Å². The molecule has 0 radical (unpaired) electrons. The quantitative estimate of drug-likeness (QED) is 0.803. The van der Waals surface area contributed by atoms with Gasteiger partial charge in [0.05, 0.1) is 0 Å². The van der Waals surface area contributed by atoms with Crippen molar-refractivity contribution in [3.63, 3.8) is 0 Å². The largest absolute Gasteiger partial charge is 0.342 e. The number of carbonyl (C=O) groups is 1. The zero-order valence-electron chi connectivity index (χ0n) is 15.5. The number of rotatable bonds is 4. The Labute approximate surface area is 151 Å². The molecule has 1 aliphatic heterocycles. The van der Waals surface area contributed by atoms with Crippen molar-refractivity contribution in [2.24, 2.45) is 5.92 Å². The number of carbonyl (C=O) groups excluding carboxylic acids is 1. The average molecular weight is 336 g/mol. The number of hydrogen-bond acceptors (Lipinski definition) is 2. The van der Waals surface area contributed by atoms with Crippen molar-refractivity contribution < 1.29 is 4.79 Å². The summed E-state index contributed by atoms with van der Waals surface area (Å²) in [4.78, 5) is 19.3. The van der Waals surface area contributed by atoms with Gasteiger partial charge in [-0.05, 0) is 48.9 Å². The summed E-state index contributed by atoms with van der Waals surface area (Å²) in [6.07, 6.45) is 2.81. The lowest BCUT2D eigenvalue weighted by molar-refractivity contribution is -0.133. The second-order valence-electron chi connectivity index (χ2n) is 7.56. The van der Waals surface area contributed by atoms with Gasteiger partial charge in [0, 0.05) is 36.8 Å². The van der Waals surface area contributed by atoms with Crippen LogP contribution >= 0.6 is 0 Å². The maximum Gasteiger partial charge on any atom is 0.222 e. The van der Waals surface area contributed by atoms with E-state index in [1.807, 2.05) is 11.0 Å². The van der Waals surface area contributed by atoms with Crippen LogP contribution in [0, 0.1) is 12.8 Å². The van der Waals surface area contributed by atoms with Crippen LogP contribution in [0.5, 0.6) is 0 Å². The summed E-state index contributed by atoms with van der Waals surface area (Å²) >= 11 is 0. The highest BCUT2D eigenvalue weighted by Crippen LogP contribution is 2.30. The second-order valence-corrected chi connectivity index (χ2v) is 7.56. The molecule has 1 atom stereocenters. The SMILES string of the molecule is Cc1cc(-c2ccccc2)cc([C@@H]2CCCN(C(=O)CC(C)C)C2)n1. The number of pyridine rings is 1. The van der Waals surface area contributed by atoms with Crippen LogP contribution < -0.4 is 0 Å². The summed E-state index contributed by atoms with van der Waals surface area (Å²) in [5.41, 5.74) is 4.61. The Hall–Kier alpha value is -2.16. The molecule has 2 heterocycles. The molecule has 0 saturated carbocycles. The van der Waals surface area contributed by atoms with E-state index in [2.05, 4.69) is 57.2 Å². The van der Waals surface area contributed by atoms with Crippen LogP contribution in [0.4, 0.5) is 0 Å². The standard InChI is InChI=1S/C22H28N2O/c1-16(2)12-22(25)24-11-7-10-19(15-24)21-14-20(13-17(3)23-21)18-8-5-4-6-9-18/h4-6,8-9,13-14,16,19H,7,10-12,15H2,1-3H3/t19-/m1/s1. The molecule has 0 aliphatic carbocycles. The molecule has 2 aromatic rings. The molecule has 0 N–H and O–H groups in total. The Morgan fingerprint density at radius 2 is 1.96 bits per heavy atom. The normalized spacial score (nSPS) is 17.8. The molecule has 25 heavy (non-hydrogen) atoms. The number of amides is 1. The van der Waals surface area contributed by atoms with Gasteiger partial charge in [0.2, 0.25) is 5.91 Å². The first-order valence-corrected chi connectivity index (χ1v) is 9.34. The van der Waals surface area contributed by atoms with E-state index in [1.165, 1.54) is 11.1 Å². The first-order chi connectivity index (χ1) is 12.0. The van der Waals surface area contributed by atoms with Crippen LogP contribution in [-0.4, -0.2) is 28.9 Å². The van der Waals surface area contributed by atoms with Gasteiger partial charge in [0.1, 0.15) is 0 Å². The van der Waals surface area contributed by atoms with Crippen molar-refractivity contribution in [2.45, 2.75) is 46.0 Å². The lowest BCUT2D eigenvalue weighted by atomic mass is 9.91. The van der Waals surface area contributed by atoms with E-state index in [1.54, 1.807) is 0 Å². The molecule has 3 nitrogen and oxygen atoms in total. The van der Waals surface area contributed by atoms with Crippen molar-refractivity contribution in [3.05, 3.63) is 53.9 Å². The van der Waals surface area contributed by atoms with Gasteiger partial charge in [-0.2, -0.15) is 0 Å². The number of aromatic nitrogens is 1. The van der Waals surface area contributed by atoms with Crippen LogP contribution in [0.1, 0.15) is 50.4 Å². The molecule has 1 aliphatic rings. The third-order valence-corrected chi connectivity index (χ3v) is 4.86. The van der Waals surface area contributed by atoms with Crippen LogP contribution in [0.3, 0.4) is 0 Å². The van der Waals surface area contributed by atoms with E-state index in [9.17, 15) is 4.79 Å². The Morgan fingerprint density at radius 3 is 2.68 bits per heavy atom. The number of hydrogen-bond donors (Lipinski definition) is 0. The van der Waals surface area contributed by atoms with Gasteiger partial charge in [-0.3, -0.25) is 9.78 Å². The Balaban J connectivity index is 1.81. The molecular weight excluding hydrogens is 308 g/mol. The van der Waals surface area contributed by atoms with E-state index >= 15 is 0 Å². The Bertz CT molecular complexity index is 724. The molecule has 0 spiro atoms. The highest BCUT2D eigenvalue weighted by Gasteiger charge is 2.26. The van der Waals surface area contributed by atoms with E-state index in [0.717, 1.165) is 37.3 Å². The molecule has 1 aromatic carbocycles. The third kappa shape index (κ3) is 4.47. The fraction of sp³-hybridized carbons (Fsp3) is 0.455. The van der Waals surface area contributed by atoms with Crippen LogP contribution in [0.2, 0.25) is 0 Å². The zero-order chi connectivity index (χ0) is 17.8. The molecule has 3 heteroatoms. The molecular formula is C22H28N2O. The molecule has 0 unspecified atom stereocenters. The average Bonchev–Trinajstić information content (AvgIpc) is 2.61. The molecule has 3 rings (SSSR count). The highest BCUT2D eigenvalue weighted by atomic mass is 16.2. The van der Waals surface area contributed by atoms with Crippen LogP contribution in [0.15, 0.2) is 42.5 Å². The first-order valence-electron chi connectivity index (χ1n) is 9.34. The Kier molecular flexibility index (Phi) is 5.52. The van der Waals surface area contributed by atoms with Gasteiger partial charge in [-0.1, -0.05) is 44.2 Å². The van der Waals surface area contributed by atoms with Crippen LogP contribution in [0.25, 0.3) is 11.1 Å². The minimum absolute atomic E-state index is 0.288. The molecule has 1 fully saturated rings. The third-order valence-electron chi connectivity index (χ3n) is 4.86. The number of piperidine rings is 1. The van der Waals surface area contributed by atoms with Gasteiger partial charge in [0.25, 0.3) is 0 Å². The minimum Gasteiger partial charge on any atom is -0.342 e. The zero-order valence-corrected chi connectivity index (χ0v) is 15.5. The Morgan fingerprint density at radius 1 is 1.20 bits per heavy atom. The fourth-order valence-corrected chi connectivity index (χ4v) is 3.62. The van der Waals surface area contributed by atoms with Gasteiger partial charge < -0.3 is 4.90 Å². The van der Waals surface area contributed by atoms with Gasteiger partial charge >= 0.3 is 0 Å². The number of aryl methyl sites for hydroxylation is 1. The molecule has 1 saturated heterocycles. The minimum atomic E-state index is 0.288. The summed E-state index contributed by atoms with van der Waals surface area (Å²) in [6, 6.07) is 14.8. The number of nitrogens with zero attached hydrogens (tertiary/aromatic N) is 2. The van der Waals surface area contributed by atoms with Crippen molar-refractivity contribution in [3.8, 4) is 11.1 Å².